The maximum Gasteiger partial charge on any atom is 0.407 e. The minimum Gasteiger partial charge on any atom is -0.449 e. The third-order valence-electron chi connectivity index (χ3n) is 8.67. The Morgan fingerprint density at radius 2 is 1.48 bits per heavy atom. The molecule has 3 atom stereocenters. The monoisotopic (exact) mass is 562 g/mol. The van der Waals surface area contributed by atoms with Crippen LogP contribution in [0.3, 0.4) is 0 Å². The van der Waals surface area contributed by atoms with Crippen LogP contribution in [0.25, 0.3) is 0 Å². The number of unbranched alkanes of at least 4 members (excludes halogenated alkanes) is 15. The third kappa shape index (κ3) is 16.6. The van der Waals surface area contributed by atoms with Crippen LogP contribution in [0.5, 0.6) is 0 Å². The van der Waals surface area contributed by atoms with E-state index in [4.69, 9.17) is 4.74 Å². The Morgan fingerprint density at radius 1 is 0.875 bits per heavy atom. The molecule has 0 saturated carbocycles. The molecule has 0 aromatic heterocycles. The van der Waals surface area contributed by atoms with Crippen molar-refractivity contribution in [3.05, 3.63) is 12.2 Å². The SMILES string of the molecule is CCCCCCCCCCCCCCCCCCN(C=O)C1CC=CCC1COC(=O)NCCC1CNCCN1. The molecule has 0 aromatic carbocycles. The molecule has 2 aliphatic rings. The average Bonchev–Trinajstić information content (AvgIpc) is 2.98. The highest BCUT2D eigenvalue weighted by atomic mass is 16.5. The molecule has 0 radical (unpaired) electrons. The van der Waals surface area contributed by atoms with Gasteiger partial charge in [-0.15, -0.1) is 0 Å². The zero-order chi connectivity index (χ0) is 28.5. The van der Waals surface area contributed by atoms with Gasteiger partial charge in [0.05, 0.1) is 6.61 Å². The maximum absolute atomic E-state index is 12.2. The third-order valence-corrected chi connectivity index (χ3v) is 8.67. The van der Waals surface area contributed by atoms with Crippen molar-refractivity contribution < 1.29 is 14.3 Å². The van der Waals surface area contributed by atoms with Gasteiger partial charge in [0, 0.05) is 50.7 Å². The molecule has 1 saturated heterocycles. The van der Waals surface area contributed by atoms with Gasteiger partial charge in [0.2, 0.25) is 6.41 Å². The molecule has 1 fully saturated rings. The summed E-state index contributed by atoms with van der Waals surface area (Å²) in [5.41, 5.74) is 0. The van der Waals surface area contributed by atoms with E-state index in [1.807, 2.05) is 4.90 Å². The first-order valence-corrected chi connectivity index (χ1v) is 16.9. The number of nitrogens with one attached hydrogen (secondary N) is 3. The summed E-state index contributed by atoms with van der Waals surface area (Å²) >= 11 is 0. The summed E-state index contributed by atoms with van der Waals surface area (Å²) < 4.78 is 5.57. The zero-order valence-corrected chi connectivity index (χ0v) is 25.8. The first kappa shape index (κ1) is 34.6. The lowest BCUT2D eigenvalue weighted by Gasteiger charge is -2.35. The summed E-state index contributed by atoms with van der Waals surface area (Å²) in [7, 11) is 0. The molecule has 7 heteroatoms. The van der Waals surface area contributed by atoms with E-state index in [0.29, 0.717) is 19.2 Å². The average molecular weight is 563 g/mol. The van der Waals surface area contributed by atoms with Gasteiger partial charge < -0.3 is 25.6 Å². The van der Waals surface area contributed by atoms with E-state index < -0.39 is 0 Å². The van der Waals surface area contributed by atoms with Gasteiger partial charge in [-0.05, 0) is 25.7 Å². The fourth-order valence-electron chi connectivity index (χ4n) is 6.08. The van der Waals surface area contributed by atoms with Gasteiger partial charge in [0.25, 0.3) is 0 Å². The van der Waals surface area contributed by atoms with Gasteiger partial charge in [-0.2, -0.15) is 0 Å². The number of hydrogen-bond donors (Lipinski definition) is 3. The molecular formula is C33H62N4O3. The molecule has 3 unspecified atom stereocenters. The minimum absolute atomic E-state index is 0.115. The van der Waals surface area contributed by atoms with Crippen LogP contribution in [0.4, 0.5) is 4.79 Å². The van der Waals surface area contributed by atoms with E-state index in [9.17, 15) is 9.59 Å². The molecule has 0 aromatic rings. The predicted molar refractivity (Wildman–Crippen MR) is 167 cm³/mol. The fraction of sp³-hybridized carbons (Fsp3) is 0.879. The fourth-order valence-corrected chi connectivity index (χ4v) is 6.08. The van der Waals surface area contributed by atoms with Crippen LogP contribution in [0.1, 0.15) is 129 Å². The van der Waals surface area contributed by atoms with Crippen molar-refractivity contribution in [2.24, 2.45) is 5.92 Å². The van der Waals surface area contributed by atoms with E-state index in [1.165, 1.54) is 96.3 Å². The van der Waals surface area contributed by atoms with Crippen LogP contribution in [0.2, 0.25) is 0 Å². The number of amides is 2. The zero-order valence-electron chi connectivity index (χ0n) is 25.8. The number of carbonyl (C=O) groups excluding carboxylic acids is 2. The van der Waals surface area contributed by atoms with Gasteiger partial charge in [-0.3, -0.25) is 4.79 Å². The normalized spacial score (nSPS) is 20.8. The van der Waals surface area contributed by atoms with Gasteiger partial charge in [-0.25, -0.2) is 4.79 Å². The number of piperazine rings is 1. The van der Waals surface area contributed by atoms with Crippen molar-refractivity contribution in [3.8, 4) is 0 Å². The molecule has 1 aliphatic carbocycles. The number of carbonyl (C=O) groups is 2. The summed E-state index contributed by atoms with van der Waals surface area (Å²) in [5, 5.41) is 9.69. The number of nitrogens with zero attached hydrogens (tertiary/aromatic N) is 1. The van der Waals surface area contributed by atoms with Crippen molar-refractivity contribution in [3.63, 3.8) is 0 Å². The lowest BCUT2D eigenvalue weighted by molar-refractivity contribution is -0.121. The second-order valence-electron chi connectivity index (χ2n) is 12.1. The van der Waals surface area contributed by atoms with Crippen molar-refractivity contribution in [2.45, 2.75) is 141 Å². The number of ether oxygens (including phenoxy) is 1. The largest absolute Gasteiger partial charge is 0.449 e. The molecule has 0 spiro atoms. The molecule has 3 N–H and O–H groups in total. The van der Waals surface area contributed by atoms with Gasteiger partial charge in [0.15, 0.2) is 0 Å². The van der Waals surface area contributed by atoms with Crippen LogP contribution in [0.15, 0.2) is 12.2 Å². The smallest absolute Gasteiger partial charge is 0.407 e. The molecular weight excluding hydrogens is 500 g/mol. The van der Waals surface area contributed by atoms with Crippen molar-refractivity contribution >= 4 is 12.5 Å². The van der Waals surface area contributed by atoms with Crippen molar-refractivity contribution in [1.82, 2.24) is 20.9 Å². The van der Waals surface area contributed by atoms with Crippen LogP contribution in [-0.2, 0) is 9.53 Å². The summed E-state index contributed by atoms with van der Waals surface area (Å²) in [6.45, 7) is 6.95. The number of rotatable bonds is 24. The minimum atomic E-state index is -0.354. The molecule has 1 heterocycles. The molecule has 40 heavy (non-hydrogen) atoms. The summed E-state index contributed by atoms with van der Waals surface area (Å²) in [6.07, 6.45) is 29.1. The second-order valence-corrected chi connectivity index (χ2v) is 12.1. The lowest BCUT2D eigenvalue weighted by Crippen LogP contribution is -2.49. The number of allylic oxidation sites excluding steroid dienone is 1. The van der Waals surface area contributed by atoms with Crippen molar-refractivity contribution in [1.29, 1.82) is 0 Å². The van der Waals surface area contributed by atoms with Crippen LogP contribution in [-0.4, -0.2) is 68.8 Å². The molecule has 232 valence electrons. The molecule has 0 bridgehead atoms. The van der Waals surface area contributed by atoms with Crippen LogP contribution in [0, 0.1) is 5.92 Å². The summed E-state index contributed by atoms with van der Waals surface area (Å²) in [4.78, 5) is 26.1. The van der Waals surface area contributed by atoms with Gasteiger partial charge in [0.1, 0.15) is 0 Å². The summed E-state index contributed by atoms with van der Waals surface area (Å²) in [5.74, 6) is 0.159. The maximum atomic E-state index is 12.2. The van der Waals surface area contributed by atoms with E-state index in [1.54, 1.807) is 0 Å². The highest BCUT2D eigenvalue weighted by Crippen LogP contribution is 2.24. The summed E-state index contributed by atoms with van der Waals surface area (Å²) in [6, 6.07) is 0.511. The Hall–Kier alpha value is -1.60. The van der Waals surface area contributed by atoms with E-state index in [-0.39, 0.29) is 18.1 Å². The Morgan fingerprint density at radius 3 is 2.05 bits per heavy atom. The Kier molecular flexibility index (Phi) is 20.8. The number of alkyl carbamates (subject to hydrolysis) is 1. The highest BCUT2D eigenvalue weighted by Gasteiger charge is 2.28. The van der Waals surface area contributed by atoms with E-state index in [2.05, 4.69) is 35.0 Å². The molecule has 7 nitrogen and oxygen atoms in total. The quantitative estimate of drug-likeness (QED) is 0.0691. The van der Waals surface area contributed by atoms with Gasteiger partial charge in [-0.1, -0.05) is 115 Å². The molecule has 2 amide bonds. The van der Waals surface area contributed by atoms with E-state index >= 15 is 0 Å². The van der Waals surface area contributed by atoms with E-state index in [0.717, 1.165) is 58.3 Å². The first-order valence-electron chi connectivity index (χ1n) is 16.9. The number of hydrogen-bond acceptors (Lipinski definition) is 5. The lowest BCUT2D eigenvalue weighted by atomic mass is 9.88. The Bertz CT molecular complexity index is 654. The standard InChI is InChI=1S/C33H62N4O3/c1-2-3-4-5-6-7-8-9-10-11-12-13-14-15-16-19-26-37(29-38)32-21-18-17-20-30(32)28-40-33(39)36-23-22-31-27-34-24-25-35-31/h17-18,29-32,34-35H,2-16,19-28H2,1H3,(H,36,39). The first-order chi connectivity index (χ1) is 19.7. The molecule has 2 rings (SSSR count). The van der Waals surface area contributed by atoms with Gasteiger partial charge >= 0.3 is 6.09 Å². The van der Waals surface area contributed by atoms with Crippen LogP contribution < -0.4 is 16.0 Å². The molecule has 1 aliphatic heterocycles. The topological polar surface area (TPSA) is 82.7 Å². The van der Waals surface area contributed by atoms with Crippen molar-refractivity contribution in [2.75, 3.05) is 39.3 Å². The Balaban J connectivity index is 1.47. The Labute approximate surface area is 246 Å². The highest BCUT2D eigenvalue weighted by molar-refractivity contribution is 5.67. The predicted octanol–water partition coefficient (Wildman–Crippen LogP) is 6.72. The second kappa shape index (κ2) is 24.0. The van der Waals surface area contributed by atoms with Crippen LogP contribution >= 0.6 is 0 Å².